The Bertz CT molecular complexity index is 812. The molecule has 0 saturated carbocycles. The van der Waals surface area contributed by atoms with Crippen LogP contribution in [0.5, 0.6) is 0 Å². The van der Waals surface area contributed by atoms with E-state index in [1.807, 2.05) is 0 Å². The molecule has 0 aromatic heterocycles. The molecular formula is C22H33N3S. The van der Waals surface area contributed by atoms with Crippen LogP contribution in [0.3, 0.4) is 0 Å². The number of hydrogen-bond acceptors (Lipinski definition) is 3. The quantitative estimate of drug-likeness (QED) is 0.746. The van der Waals surface area contributed by atoms with Gasteiger partial charge in [0.05, 0.1) is 5.82 Å². The number of allylic oxidation sites excluding steroid dienone is 1. The molecule has 2 aliphatic rings. The predicted octanol–water partition coefficient (Wildman–Crippen LogP) is 3.73. The fourth-order valence-electron chi connectivity index (χ4n) is 4.11. The van der Waals surface area contributed by atoms with Gasteiger partial charge in [0, 0.05) is 25.2 Å². The SMILES string of the molecule is C=C(NC1CCN(S(=C)(=C)C)CC1)NC(C)C1=C(C)c2ccccc2C1. The van der Waals surface area contributed by atoms with Crippen LogP contribution in [0.2, 0.25) is 0 Å². The van der Waals surface area contributed by atoms with Gasteiger partial charge < -0.3 is 10.6 Å². The van der Waals surface area contributed by atoms with Gasteiger partial charge in [-0.3, -0.25) is 4.31 Å². The standard InChI is InChI=1S/C22H33N3S/c1-16-21-10-8-7-9-19(21)15-22(16)17(2)23-18(3)24-20-11-13-25(14-12-20)26(4,5)6/h7-10,17,20,23-24H,3-5,11-15H2,1-2,6H3. The predicted molar refractivity (Wildman–Crippen MR) is 120 cm³/mol. The fourth-order valence-corrected chi connectivity index (χ4v) is 5.20. The number of hydrogen-bond donors (Lipinski definition) is 2. The van der Waals surface area contributed by atoms with E-state index in [1.165, 1.54) is 22.3 Å². The first-order valence-electron chi connectivity index (χ1n) is 9.45. The molecule has 1 unspecified atom stereocenters. The summed E-state index contributed by atoms with van der Waals surface area (Å²) in [5, 5.41) is 7.17. The van der Waals surface area contributed by atoms with E-state index in [0.717, 1.165) is 38.2 Å². The van der Waals surface area contributed by atoms with Crippen molar-refractivity contribution in [2.75, 3.05) is 19.3 Å². The van der Waals surface area contributed by atoms with Crippen LogP contribution < -0.4 is 10.6 Å². The monoisotopic (exact) mass is 371 g/mol. The van der Waals surface area contributed by atoms with Crippen molar-refractivity contribution in [2.45, 2.75) is 45.2 Å². The Labute approximate surface area is 159 Å². The van der Waals surface area contributed by atoms with Crippen molar-refractivity contribution in [3.8, 4) is 0 Å². The van der Waals surface area contributed by atoms with E-state index in [4.69, 9.17) is 0 Å². The number of nitrogens with one attached hydrogen (secondary N) is 2. The first kappa shape index (κ1) is 19.1. The zero-order valence-corrected chi connectivity index (χ0v) is 17.3. The molecule has 1 saturated heterocycles. The van der Waals surface area contributed by atoms with E-state index in [2.05, 4.69) is 77.6 Å². The van der Waals surface area contributed by atoms with E-state index >= 15 is 0 Å². The van der Waals surface area contributed by atoms with Gasteiger partial charge in [0.1, 0.15) is 0 Å². The van der Waals surface area contributed by atoms with Gasteiger partial charge in [-0.15, -0.1) is 0 Å². The van der Waals surface area contributed by atoms with Crippen molar-refractivity contribution in [3.05, 3.63) is 53.4 Å². The highest BCUT2D eigenvalue weighted by Crippen LogP contribution is 2.34. The average molecular weight is 372 g/mol. The molecule has 1 fully saturated rings. The highest BCUT2D eigenvalue weighted by atomic mass is 32.2. The Balaban J connectivity index is 1.53. The van der Waals surface area contributed by atoms with Gasteiger partial charge in [-0.2, -0.15) is 9.39 Å². The van der Waals surface area contributed by atoms with Gasteiger partial charge in [-0.1, -0.05) is 42.6 Å². The maximum absolute atomic E-state index is 4.23. The summed E-state index contributed by atoms with van der Waals surface area (Å²) >= 11 is 0. The lowest BCUT2D eigenvalue weighted by Crippen LogP contribution is -2.44. The third-order valence-corrected chi connectivity index (χ3v) is 7.26. The molecule has 0 radical (unpaired) electrons. The molecule has 0 bridgehead atoms. The number of benzene rings is 1. The van der Waals surface area contributed by atoms with Crippen LogP contribution >= 0.6 is 9.39 Å². The van der Waals surface area contributed by atoms with E-state index in [1.54, 1.807) is 0 Å². The molecule has 0 amide bonds. The average Bonchev–Trinajstić information content (AvgIpc) is 2.92. The molecule has 1 atom stereocenters. The maximum Gasteiger partial charge on any atom is 0.0919 e. The third-order valence-electron chi connectivity index (χ3n) is 5.65. The molecule has 1 aliphatic heterocycles. The first-order valence-corrected chi connectivity index (χ1v) is 11.8. The van der Waals surface area contributed by atoms with Gasteiger partial charge in [0.2, 0.25) is 0 Å². The van der Waals surface area contributed by atoms with Crippen molar-refractivity contribution in [1.29, 1.82) is 0 Å². The highest BCUT2D eigenvalue weighted by molar-refractivity contribution is 8.25. The first-order chi connectivity index (χ1) is 12.3. The minimum atomic E-state index is -1.08. The Hall–Kier alpha value is -1.65. The molecule has 1 aliphatic carbocycles. The van der Waals surface area contributed by atoms with Crippen LogP contribution in [-0.2, 0) is 6.42 Å². The molecule has 3 nitrogen and oxygen atoms in total. The van der Waals surface area contributed by atoms with Gasteiger partial charge in [0.25, 0.3) is 0 Å². The molecule has 1 aromatic rings. The summed E-state index contributed by atoms with van der Waals surface area (Å²) in [6.07, 6.45) is 5.44. The van der Waals surface area contributed by atoms with Gasteiger partial charge in [-0.25, -0.2) is 0 Å². The fraction of sp³-hybridized carbons (Fsp3) is 0.455. The number of piperidine rings is 1. The Kier molecular flexibility index (Phi) is 5.54. The van der Waals surface area contributed by atoms with E-state index in [9.17, 15) is 0 Å². The Morgan fingerprint density at radius 2 is 1.88 bits per heavy atom. The van der Waals surface area contributed by atoms with Crippen LogP contribution in [-0.4, -0.2) is 47.5 Å². The molecule has 1 heterocycles. The van der Waals surface area contributed by atoms with Crippen molar-refractivity contribution < 1.29 is 0 Å². The molecular weight excluding hydrogens is 338 g/mol. The summed E-state index contributed by atoms with van der Waals surface area (Å²) in [4.78, 5) is 0. The van der Waals surface area contributed by atoms with Crippen molar-refractivity contribution in [2.24, 2.45) is 0 Å². The highest BCUT2D eigenvalue weighted by Gasteiger charge is 2.24. The zero-order chi connectivity index (χ0) is 18.9. The maximum atomic E-state index is 4.23. The van der Waals surface area contributed by atoms with E-state index in [0.29, 0.717) is 6.04 Å². The molecule has 1 aromatic carbocycles. The van der Waals surface area contributed by atoms with Crippen LogP contribution in [0, 0.1) is 0 Å². The molecule has 0 spiro atoms. The largest absolute Gasteiger partial charge is 0.370 e. The van der Waals surface area contributed by atoms with Gasteiger partial charge >= 0.3 is 0 Å². The lowest BCUT2D eigenvalue weighted by atomic mass is 10.0. The van der Waals surface area contributed by atoms with Crippen LogP contribution in [0.1, 0.15) is 37.8 Å². The van der Waals surface area contributed by atoms with Crippen LogP contribution in [0.4, 0.5) is 0 Å². The smallest absolute Gasteiger partial charge is 0.0919 e. The summed E-state index contributed by atoms with van der Waals surface area (Å²) in [6.45, 7) is 10.8. The lowest BCUT2D eigenvalue weighted by Gasteiger charge is -2.36. The number of nitrogens with zero attached hydrogens (tertiary/aromatic N) is 1. The summed E-state index contributed by atoms with van der Waals surface area (Å²) in [5.74, 6) is 9.40. The normalized spacial score (nSPS) is 20.0. The summed E-state index contributed by atoms with van der Waals surface area (Å²) in [6, 6.07) is 9.49. The number of fused-ring (bicyclic) bond motifs is 1. The third kappa shape index (κ3) is 4.18. The molecule has 4 heteroatoms. The molecule has 142 valence electrons. The molecule has 26 heavy (non-hydrogen) atoms. The Morgan fingerprint density at radius 3 is 2.50 bits per heavy atom. The second-order valence-electron chi connectivity index (χ2n) is 7.90. The minimum Gasteiger partial charge on any atom is -0.370 e. The van der Waals surface area contributed by atoms with E-state index in [-0.39, 0.29) is 6.04 Å². The minimum absolute atomic E-state index is 0.287. The number of rotatable bonds is 6. The van der Waals surface area contributed by atoms with Crippen molar-refractivity contribution in [1.82, 2.24) is 14.9 Å². The second-order valence-corrected chi connectivity index (χ2v) is 10.9. The zero-order valence-electron chi connectivity index (χ0n) is 16.5. The van der Waals surface area contributed by atoms with Crippen molar-refractivity contribution >= 4 is 26.7 Å². The van der Waals surface area contributed by atoms with E-state index < -0.39 is 9.39 Å². The van der Waals surface area contributed by atoms with Gasteiger partial charge in [0.15, 0.2) is 0 Å². The van der Waals surface area contributed by atoms with Crippen LogP contribution in [0.25, 0.3) is 5.57 Å². The Morgan fingerprint density at radius 1 is 1.23 bits per heavy atom. The summed E-state index contributed by atoms with van der Waals surface area (Å²) in [5.41, 5.74) is 5.72. The lowest BCUT2D eigenvalue weighted by molar-refractivity contribution is 0.316. The van der Waals surface area contributed by atoms with Crippen molar-refractivity contribution in [3.63, 3.8) is 0 Å². The molecule has 2 N–H and O–H groups in total. The second kappa shape index (κ2) is 7.53. The molecule has 3 rings (SSSR count). The van der Waals surface area contributed by atoms with Gasteiger partial charge in [-0.05, 0) is 61.6 Å². The topological polar surface area (TPSA) is 27.3 Å². The summed E-state index contributed by atoms with van der Waals surface area (Å²) < 4.78 is 2.44. The van der Waals surface area contributed by atoms with Crippen LogP contribution in [0.15, 0.2) is 42.2 Å². The summed E-state index contributed by atoms with van der Waals surface area (Å²) in [7, 11) is -1.08.